The number of fused-ring (bicyclic) bond motifs is 3. The molecule has 7 nitrogen and oxygen atoms in total. The fourth-order valence-electron chi connectivity index (χ4n) is 2.91. The molecule has 3 saturated heterocycles. The zero-order chi connectivity index (χ0) is 16.8. The van der Waals surface area contributed by atoms with Crippen molar-refractivity contribution in [2.75, 3.05) is 59.9 Å². The first-order valence-corrected chi connectivity index (χ1v) is 8.71. The van der Waals surface area contributed by atoms with Crippen molar-refractivity contribution in [1.82, 2.24) is 25.3 Å². The summed E-state index contributed by atoms with van der Waals surface area (Å²) >= 11 is 0. The Morgan fingerprint density at radius 1 is 1.29 bits per heavy atom. The number of aliphatic imine (C=N–C) groups is 1. The number of rotatable bonds is 6. The van der Waals surface area contributed by atoms with Crippen LogP contribution in [-0.4, -0.2) is 98.6 Å². The number of guanidine groups is 1. The van der Waals surface area contributed by atoms with Crippen LogP contribution in [-0.2, 0) is 4.79 Å². The number of nitrogens with zero attached hydrogens (tertiary/aromatic N) is 4. The van der Waals surface area contributed by atoms with Crippen molar-refractivity contribution in [3.63, 3.8) is 0 Å². The Labute approximate surface area is 163 Å². The van der Waals surface area contributed by atoms with Gasteiger partial charge in [0.2, 0.25) is 5.91 Å². The minimum atomic E-state index is 0. The Balaban J connectivity index is 0.00000288. The van der Waals surface area contributed by atoms with Gasteiger partial charge in [-0.05, 0) is 13.3 Å². The summed E-state index contributed by atoms with van der Waals surface area (Å²) in [6.07, 6.45) is 1.02. The lowest BCUT2D eigenvalue weighted by Crippen LogP contribution is -2.64. The van der Waals surface area contributed by atoms with E-state index in [9.17, 15) is 4.79 Å². The number of piperazine rings is 3. The van der Waals surface area contributed by atoms with Gasteiger partial charge in [0.25, 0.3) is 0 Å². The molecule has 0 aromatic heterocycles. The van der Waals surface area contributed by atoms with Crippen LogP contribution in [0.4, 0.5) is 0 Å². The van der Waals surface area contributed by atoms with Gasteiger partial charge in [-0.15, -0.1) is 24.0 Å². The maximum absolute atomic E-state index is 11.8. The number of carbonyl (C=O) groups excluding carboxylic acids is 1. The fraction of sp³-hybridized carbons (Fsp3) is 0.875. The van der Waals surface area contributed by atoms with Crippen LogP contribution in [0.15, 0.2) is 4.99 Å². The molecular formula is C16H33IN6O. The minimum absolute atomic E-state index is 0. The highest BCUT2D eigenvalue weighted by atomic mass is 127. The molecule has 140 valence electrons. The summed E-state index contributed by atoms with van der Waals surface area (Å²) in [7, 11) is 3.51. The maximum atomic E-state index is 11.8. The summed E-state index contributed by atoms with van der Waals surface area (Å²) in [6.45, 7) is 11.2. The molecule has 0 aromatic rings. The van der Waals surface area contributed by atoms with Gasteiger partial charge in [-0.1, -0.05) is 6.92 Å². The third-order valence-corrected chi connectivity index (χ3v) is 4.76. The Morgan fingerprint density at radius 2 is 1.96 bits per heavy atom. The number of carbonyl (C=O) groups is 1. The molecule has 0 spiro atoms. The standard InChI is InChI=1S/C16H32N6O.HI/c1-5-13(2)19-16(18-11-15(23)20(3)4)17-10-14-12-21-6-8-22(14)9-7-21;/h13-14H,5-12H2,1-4H3,(H2,17,18,19);1H. The zero-order valence-corrected chi connectivity index (χ0v) is 17.7. The second-order valence-corrected chi connectivity index (χ2v) is 6.78. The quantitative estimate of drug-likeness (QED) is 0.338. The average molecular weight is 452 g/mol. The van der Waals surface area contributed by atoms with E-state index in [0.29, 0.717) is 12.1 Å². The van der Waals surface area contributed by atoms with E-state index in [1.165, 1.54) is 13.1 Å². The van der Waals surface area contributed by atoms with Crippen LogP contribution in [0.2, 0.25) is 0 Å². The third-order valence-electron chi connectivity index (χ3n) is 4.76. The molecule has 8 heteroatoms. The lowest BCUT2D eigenvalue weighted by molar-refractivity contribution is -0.127. The van der Waals surface area contributed by atoms with Crippen molar-refractivity contribution < 1.29 is 4.79 Å². The normalized spacial score (nSPS) is 27.2. The first-order valence-electron chi connectivity index (χ1n) is 8.71. The highest BCUT2D eigenvalue weighted by Crippen LogP contribution is 2.14. The van der Waals surface area contributed by atoms with Crippen LogP contribution in [0.25, 0.3) is 0 Å². The lowest BCUT2D eigenvalue weighted by Gasteiger charge is -2.47. The van der Waals surface area contributed by atoms with Crippen molar-refractivity contribution in [3.8, 4) is 0 Å². The summed E-state index contributed by atoms with van der Waals surface area (Å²) < 4.78 is 0. The van der Waals surface area contributed by atoms with Crippen molar-refractivity contribution in [2.45, 2.75) is 32.4 Å². The molecule has 3 aliphatic heterocycles. The van der Waals surface area contributed by atoms with Gasteiger partial charge in [0.15, 0.2) is 5.96 Å². The van der Waals surface area contributed by atoms with Crippen LogP contribution in [0.3, 0.4) is 0 Å². The molecule has 3 aliphatic rings. The van der Waals surface area contributed by atoms with Crippen molar-refractivity contribution in [2.24, 2.45) is 4.99 Å². The first kappa shape index (κ1) is 21.4. The molecule has 2 bridgehead atoms. The number of nitrogens with one attached hydrogen (secondary N) is 2. The van der Waals surface area contributed by atoms with Crippen LogP contribution >= 0.6 is 24.0 Å². The Morgan fingerprint density at radius 3 is 2.46 bits per heavy atom. The fourth-order valence-corrected chi connectivity index (χ4v) is 2.91. The molecule has 0 aromatic carbocycles. The van der Waals surface area contributed by atoms with Crippen molar-refractivity contribution in [3.05, 3.63) is 0 Å². The van der Waals surface area contributed by atoms with Crippen LogP contribution in [0.5, 0.6) is 0 Å². The van der Waals surface area contributed by atoms with Crippen LogP contribution in [0.1, 0.15) is 20.3 Å². The van der Waals surface area contributed by atoms with Gasteiger partial charge in [0, 0.05) is 65.4 Å². The van der Waals surface area contributed by atoms with E-state index in [-0.39, 0.29) is 36.4 Å². The van der Waals surface area contributed by atoms with E-state index in [0.717, 1.165) is 38.6 Å². The Hall–Kier alpha value is -0.610. The molecular weight excluding hydrogens is 419 g/mol. The second-order valence-electron chi connectivity index (χ2n) is 6.78. The monoisotopic (exact) mass is 452 g/mol. The molecule has 3 fully saturated rings. The largest absolute Gasteiger partial charge is 0.355 e. The summed E-state index contributed by atoms with van der Waals surface area (Å²) in [4.78, 5) is 22.9. The predicted molar refractivity (Wildman–Crippen MR) is 109 cm³/mol. The van der Waals surface area contributed by atoms with Gasteiger partial charge in [-0.25, -0.2) is 4.99 Å². The predicted octanol–water partition coefficient (Wildman–Crippen LogP) is 0.0261. The van der Waals surface area contributed by atoms with Gasteiger partial charge < -0.3 is 15.5 Å². The van der Waals surface area contributed by atoms with Gasteiger partial charge in [-0.3, -0.25) is 14.6 Å². The average Bonchev–Trinajstić information content (AvgIpc) is 2.57. The first-order chi connectivity index (χ1) is 11.0. The minimum Gasteiger partial charge on any atom is -0.355 e. The number of likely N-dealkylation sites (N-methyl/N-ethyl adjacent to an activating group) is 1. The highest BCUT2D eigenvalue weighted by molar-refractivity contribution is 14.0. The van der Waals surface area contributed by atoms with E-state index in [4.69, 9.17) is 0 Å². The van der Waals surface area contributed by atoms with Gasteiger partial charge in [0.05, 0.1) is 0 Å². The highest BCUT2D eigenvalue weighted by Gasteiger charge is 2.31. The van der Waals surface area contributed by atoms with E-state index in [1.54, 1.807) is 19.0 Å². The zero-order valence-electron chi connectivity index (χ0n) is 15.4. The van der Waals surface area contributed by atoms with Crippen LogP contribution in [0, 0.1) is 0 Å². The van der Waals surface area contributed by atoms with E-state index >= 15 is 0 Å². The molecule has 2 N–H and O–H groups in total. The molecule has 3 rings (SSSR count). The molecule has 0 aliphatic carbocycles. The SMILES string of the molecule is CCC(C)NC(=NCC(=O)N(C)C)NCC1CN2CCN1CC2.I. The second kappa shape index (κ2) is 10.4. The van der Waals surface area contributed by atoms with Gasteiger partial charge in [-0.2, -0.15) is 0 Å². The van der Waals surface area contributed by atoms with E-state index in [2.05, 4.69) is 39.3 Å². The third kappa shape index (κ3) is 6.36. The smallest absolute Gasteiger partial charge is 0.243 e. The van der Waals surface area contributed by atoms with Gasteiger partial charge in [0.1, 0.15) is 6.54 Å². The molecule has 3 heterocycles. The molecule has 24 heavy (non-hydrogen) atoms. The number of hydrogen-bond acceptors (Lipinski definition) is 4. The number of amides is 1. The summed E-state index contributed by atoms with van der Waals surface area (Å²) in [5, 5.41) is 6.81. The lowest BCUT2D eigenvalue weighted by atomic mass is 10.1. The number of hydrogen-bond donors (Lipinski definition) is 2. The molecule has 2 atom stereocenters. The van der Waals surface area contributed by atoms with Crippen molar-refractivity contribution >= 4 is 35.8 Å². The topological polar surface area (TPSA) is 63.2 Å². The maximum Gasteiger partial charge on any atom is 0.243 e. The Bertz CT molecular complexity index is 423. The summed E-state index contributed by atoms with van der Waals surface area (Å²) in [5.74, 6) is 0.758. The molecule has 0 saturated carbocycles. The molecule has 2 unspecified atom stereocenters. The van der Waals surface area contributed by atoms with Gasteiger partial charge >= 0.3 is 0 Å². The summed E-state index contributed by atoms with van der Waals surface area (Å²) in [5.41, 5.74) is 0. The number of halogens is 1. The van der Waals surface area contributed by atoms with E-state index in [1.807, 2.05) is 0 Å². The van der Waals surface area contributed by atoms with E-state index < -0.39 is 0 Å². The molecule has 0 radical (unpaired) electrons. The Kier molecular flexibility index (Phi) is 9.28. The molecule has 1 amide bonds. The van der Waals surface area contributed by atoms with Crippen LogP contribution < -0.4 is 10.6 Å². The van der Waals surface area contributed by atoms with Crippen molar-refractivity contribution in [1.29, 1.82) is 0 Å². The summed E-state index contributed by atoms with van der Waals surface area (Å²) in [6, 6.07) is 0.869.